The van der Waals surface area contributed by atoms with Gasteiger partial charge in [0.2, 0.25) is 0 Å². The van der Waals surface area contributed by atoms with Crippen LogP contribution in [-0.2, 0) is 0 Å². The molecule has 1 atom stereocenters. The van der Waals surface area contributed by atoms with Crippen LogP contribution in [0.25, 0.3) is 0 Å². The lowest BCUT2D eigenvalue weighted by molar-refractivity contribution is 0.117. The zero-order valence-electron chi connectivity index (χ0n) is 9.92. The van der Waals surface area contributed by atoms with E-state index in [1.807, 2.05) is 0 Å². The maximum atomic E-state index is 9.68. The molecule has 0 aromatic carbocycles. The fourth-order valence-electron chi connectivity index (χ4n) is 1.41. The maximum Gasteiger partial charge on any atom is 0.0791 e. The largest absolute Gasteiger partial charge is 0.390 e. The van der Waals surface area contributed by atoms with E-state index in [2.05, 4.69) is 31.0 Å². The molecule has 0 aliphatic heterocycles. The van der Waals surface area contributed by atoms with Crippen molar-refractivity contribution >= 4 is 0 Å². The first-order chi connectivity index (χ1) is 6.74. The Labute approximate surface area is 88.5 Å². The SMILES string of the molecule is CCCCNCC(O)CN(CC)CC. The fourth-order valence-corrected chi connectivity index (χ4v) is 1.41. The number of hydrogen-bond donors (Lipinski definition) is 2. The lowest BCUT2D eigenvalue weighted by atomic mass is 10.3. The third kappa shape index (κ3) is 7.30. The number of aliphatic hydroxyl groups excluding tert-OH is 1. The minimum absolute atomic E-state index is 0.230. The predicted molar refractivity (Wildman–Crippen MR) is 61.6 cm³/mol. The summed E-state index contributed by atoms with van der Waals surface area (Å²) in [6, 6.07) is 0. The van der Waals surface area contributed by atoms with Gasteiger partial charge in [0.05, 0.1) is 6.10 Å². The standard InChI is InChI=1S/C11H26N2O/c1-4-7-8-12-9-11(14)10-13(5-2)6-3/h11-12,14H,4-10H2,1-3H3. The van der Waals surface area contributed by atoms with Crippen molar-refractivity contribution in [3.8, 4) is 0 Å². The highest BCUT2D eigenvalue weighted by molar-refractivity contribution is 4.64. The Morgan fingerprint density at radius 1 is 1.21 bits per heavy atom. The van der Waals surface area contributed by atoms with E-state index in [4.69, 9.17) is 0 Å². The summed E-state index contributed by atoms with van der Waals surface area (Å²) in [6.07, 6.45) is 2.17. The molecule has 0 radical (unpaired) electrons. The van der Waals surface area contributed by atoms with E-state index in [9.17, 15) is 5.11 Å². The maximum absolute atomic E-state index is 9.68. The molecule has 0 saturated carbocycles. The quantitative estimate of drug-likeness (QED) is 0.549. The minimum Gasteiger partial charge on any atom is -0.390 e. The van der Waals surface area contributed by atoms with Gasteiger partial charge in [0.15, 0.2) is 0 Å². The van der Waals surface area contributed by atoms with Gasteiger partial charge in [-0.15, -0.1) is 0 Å². The highest BCUT2D eigenvalue weighted by Crippen LogP contribution is 1.91. The van der Waals surface area contributed by atoms with Crippen LogP contribution < -0.4 is 5.32 Å². The third-order valence-electron chi connectivity index (χ3n) is 2.45. The van der Waals surface area contributed by atoms with E-state index in [0.29, 0.717) is 0 Å². The number of unbranched alkanes of at least 4 members (excludes halogenated alkanes) is 1. The zero-order chi connectivity index (χ0) is 10.8. The van der Waals surface area contributed by atoms with Gasteiger partial charge < -0.3 is 15.3 Å². The molecule has 0 spiro atoms. The van der Waals surface area contributed by atoms with Crippen LogP contribution in [0.5, 0.6) is 0 Å². The molecule has 0 aliphatic carbocycles. The summed E-state index contributed by atoms with van der Waals surface area (Å²) in [6.45, 7) is 11.0. The summed E-state index contributed by atoms with van der Waals surface area (Å²) >= 11 is 0. The molecule has 14 heavy (non-hydrogen) atoms. The molecule has 0 bridgehead atoms. The second-order valence-corrected chi connectivity index (χ2v) is 3.70. The Balaban J connectivity index is 3.38. The summed E-state index contributed by atoms with van der Waals surface area (Å²) < 4.78 is 0. The van der Waals surface area contributed by atoms with Crippen LogP contribution in [0, 0.1) is 0 Å². The first-order valence-electron chi connectivity index (χ1n) is 5.85. The molecule has 0 aliphatic rings. The molecule has 0 heterocycles. The average Bonchev–Trinajstić information content (AvgIpc) is 2.21. The van der Waals surface area contributed by atoms with Gasteiger partial charge in [0, 0.05) is 13.1 Å². The molecule has 3 heteroatoms. The fraction of sp³-hybridized carbons (Fsp3) is 1.00. The molecule has 86 valence electrons. The van der Waals surface area contributed by atoms with Gasteiger partial charge in [-0.3, -0.25) is 0 Å². The van der Waals surface area contributed by atoms with Crippen molar-refractivity contribution in [2.75, 3.05) is 32.7 Å². The zero-order valence-corrected chi connectivity index (χ0v) is 9.92. The summed E-state index contributed by atoms with van der Waals surface area (Å²) in [7, 11) is 0. The number of aliphatic hydroxyl groups is 1. The van der Waals surface area contributed by atoms with Crippen molar-refractivity contribution in [3.63, 3.8) is 0 Å². The van der Waals surface area contributed by atoms with E-state index >= 15 is 0 Å². The summed E-state index contributed by atoms with van der Waals surface area (Å²) in [5.74, 6) is 0. The molecule has 3 nitrogen and oxygen atoms in total. The Morgan fingerprint density at radius 2 is 1.86 bits per heavy atom. The van der Waals surface area contributed by atoms with Gasteiger partial charge in [0.1, 0.15) is 0 Å². The summed E-state index contributed by atoms with van der Waals surface area (Å²) in [5.41, 5.74) is 0. The topological polar surface area (TPSA) is 35.5 Å². The first-order valence-corrected chi connectivity index (χ1v) is 5.85. The molecule has 0 amide bonds. The number of rotatable bonds is 9. The van der Waals surface area contributed by atoms with Gasteiger partial charge in [-0.05, 0) is 26.1 Å². The molecule has 0 rings (SSSR count). The normalized spacial score (nSPS) is 13.5. The summed E-state index contributed by atoms with van der Waals surface area (Å²) in [5, 5.41) is 12.9. The lowest BCUT2D eigenvalue weighted by Gasteiger charge is -2.21. The Morgan fingerprint density at radius 3 is 2.36 bits per heavy atom. The van der Waals surface area contributed by atoms with Crippen molar-refractivity contribution < 1.29 is 5.11 Å². The van der Waals surface area contributed by atoms with Crippen LogP contribution in [0.1, 0.15) is 33.6 Å². The molecule has 0 aromatic rings. The van der Waals surface area contributed by atoms with Crippen molar-refractivity contribution in [2.45, 2.75) is 39.7 Å². The van der Waals surface area contributed by atoms with Crippen LogP contribution in [-0.4, -0.2) is 48.8 Å². The van der Waals surface area contributed by atoms with Crippen LogP contribution in [0.2, 0.25) is 0 Å². The number of likely N-dealkylation sites (N-methyl/N-ethyl adjacent to an activating group) is 1. The Hall–Kier alpha value is -0.120. The molecule has 0 fully saturated rings. The summed E-state index contributed by atoms with van der Waals surface area (Å²) in [4.78, 5) is 2.24. The first kappa shape index (κ1) is 13.9. The molecule has 0 saturated heterocycles. The smallest absolute Gasteiger partial charge is 0.0791 e. The Bertz CT molecular complexity index is 116. The van der Waals surface area contributed by atoms with Crippen LogP contribution >= 0.6 is 0 Å². The molecule has 0 aromatic heterocycles. The van der Waals surface area contributed by atoms with Crippen LogP contribution in [0.4, 0.5) is 0 Å². The van der Waals surface area contributed by atoms with Crippen LogP contribution in [0.3, 0.4) is 0 Å². The van der Waals surface area contributed by atoms with Crippen molar-refractivity contribution in [3.05, 3.63) is 0 Å². The van der Waals surface area contributed by atoms with E-state index in [0.717, 1.165) is 32.7 Å². The number of nitrogens with one attached hydrogen (secondary N) is 1. The monoisotopic (exact) mass is 202 g/mol. The molecular weight excluding hydrogens is 176 g/mol. The van der Waals surface area contributed by atoms with E-state index in [1.165, 1.54) is 12.8 Å². The second kappa shape index (κ2) is 9.44. The van der Waals surface area contributed by atoms with Crippen molar-refractivity contribution in [2.24, 2.45) is 0 Å². The highest BCUT2D eigenvalue weighted by atomic mass is 16.3. The van der Waals surface area contributed by atoms with E-state index in [-0.39, 0.29) is 6.10 Å². The van der Waals surface area contributed by atoms with Gasteiger partial charge in [0.25, 0.3) is 0 Å². The highest BCUT2D eigenvalue weighted by Gasteiger charge is 2.07. The minimum atomic E-state index is -0.230. The Kier molecular flexibility index (Phi) is 9.35. The van der Waals surface area contributed by atoms with Gasteiger partial charge in [-0.2, -0.15) is 0 Å². The third-order valence-corrected chi connectivity index (χ3v) is 2.45. The van der Waals surface area contributed by atoms with Gasteiger partial charge in [-0.25, -0.2) is 0 Å². The number of nitrogens with zero attached hydrogens (tertiary/aromatic N) is 1. The van der Waals surface area contributed by atoms with Gasteiger partial charge in [-0.1, -0.05) is 27.2 Å². The average molecular weight is 202 g/mol. The second-order valence-electron chi connectivity index (χ2n) is 3.70. The molecular formula is C11H26N2O. The van der Waals surface area contributed by atoms with E-state index in [1.54, 1.807) is 0 Å². The lowest BCUT2D eigenvalue weighted by Crippen LogP contribution is -2.38. The van der Waals surface area contributed by atoms with Crippen molar-refractivity contribution in [1.82, 2.24) is 10.2 Å². The number of hydrogen-bond acceptors (Lipinski definition) is 3. The molecule has 1 unspecified atom stereocenters. The molecule has 2 N–H and O–H groups in total. The van der Waals surface area contributed by atoms with E-state index < -0.39 is 0 Å². The van der Waals surface area contributed by atoms with Crippen LogP contribution in [0.15, 0.2) is 0 Å². The predicted octanol–water partition coefficient (Wildman–Crippen LogP) is 1.08. The van der Waals surface area contributed by atoms with Gasteiger partial charge >= 0.3 is 0 Å². The van der Waals surface area contributed by atoms with Crippen molar-refractivity contribution in [1.29, 1.82) is 0 Å².